The summed E-state index contributed by atoms with van der Waals surface area (Å²) in [6, 6.07) is 14.2. The van der Waals surface area contributed by atoms with Crippen molar-refractivity contribution in [2.24, 2.45) is 17.6 Å². The van der Waals surface area contributed by atoms with Gasteiger partial charge in [0.15, 0.2) is 0 Å². The second-order valence-electron chi connectivity index (χ2n) is 7.42. The maximum absolute atomic E-state index is 13.4. The molecule has 4 nitrogen and oxygen atoms in total. The Hall–Kier alpha value is -1.95. The lowest BCUT2D eigenvalue weighted by atomic mass is 9.98. The summed E-state index contributed by atoms with van der Waals surface area (Å²) in [7, 11) is 0. The summed E-state index contributed by atoms with van der Waals surface area (Å²) >= 11 is 1.65. The SMILES string of the molecule is Cl.NC1CCC2CN(C(=O)c3cc(-c4cccs4)nc4ccccc34)CC12. The Morgan fingerprint density at radius 3 is 2.78 bits per heavy atom. The Labute approximate surface area is 168 Å². The molecule has 0 bridgehead atoms. The third kappa shape index (κ3) is 3.14. The van der Waals surface area contributed by atoms with Crippen LogP contribution in [0.1, 0.15) is 23.2 Å². The van der Waals surface area contributed by atoms with Crippen molar-refractivity contribution in [3.8, 4) is 10.6 Å². The standard InChI is InChI=1S/C21H21N3OS.ClH/c22-17-8-7-13-11-24(12-16(13)17)21(25)15-10-19(20-6-3-9-26-20)23-18-5-2-1-4-14(15)18;/h1-6,9-10,13,16-17H,7-8,11-12,22H2;1H. The van der Waals surface area contributed by atoms with Gasteiger partial charge < -0.3 is 10.6 Å². The van der Waals surface area contributed by atoms with Crippen molar-refractivity contribution in [2.75, 3.05) is 13.1 Å². The highest BCUT2D eigenvalue weighted by Crippen LogP contribution is 2.38. The number of hydrogen-bond acceptors (Lipinski definition) is 4. The van der Waals surface area contributed by atoms with Crippen LogP contribution in [0.2, 0.25) is 0 Å². The van der Waals surface area contributed by atoms with Crippen LogP contribution in [0.25, 0.3) is 21.5 Å². The molecule has 3 aromatic rings. The number of fused-ring (bicyclic) bond motifs is 2. The second-order valence-corrected chi connectivity index (χ2v) is 8.37. The van der Waals surface area contributed by atoms with Crippen LogP contribution in [0.3, 0.4) is 0 Å². The Morgan fingerprint density at radius 1 is 1.15 bits per heavy atom. The Morgan fingerprint density at radius 2 is 2.00 bits per heavy atom. The minimum Gasteiger partial charge on any atom is -0.338 e. The normalized spacial score (nSPS) is 24.0. The summed E-state index contributed by atoms with van der Waals surface area (Å²) in [5.74, 6) is 1.14. The molecule has 2 aromatic heterocycles. The van der Waals surface area contributed by atoms with Gasteiger partial charge in [-0.15, -0.1) is 23.7 Å². The number of para-hydroxylation sites is 1. The molecule has 1 aliphatic heterocycles. The first-order valence-corrected chi connectivity index (χ1v) is 10.1. The topological polar surface area (TPSA) is 59.2 Å². The fourth-order valence-corrected chi connectivity index (χ4v) is 5.23. The minimum absolute atomic E-state index is 0. The maximum Gasteiger partial charge on any atom is 0.254 e. The van der Waals surface area contributed by atoms with Crippen molar-refractivity contribution in [1.29, 1.82) is 0 Å². The maximum atomic E-state index is 13.4. The lowest BCUT2D eigenvalue weighted by Gasteiger charge is -2.20. The van der Waals surface area contributed by atoms with Gasteiger partial charge in [0.2, 0.25) is 0 Å². The van der Waals surface area contributed by atoms with Crippen LogP contribution < -0.4 is 5.73 Å². The molecule has 1 saturated heterocycles. The van der Waals surface area contributed by atoms with Crippen LogP contribution in [0.15, 0.2) is 47.8 Å². The zero-order chi connectivity index (χ0) is 17.7. The quantitative estimate of drug-likeness (QED) is 0.702. The molecule has 27 heavy (non-hydrogen) atoms. The number of rotatable bonds is 2. The molecule has 5 rings (SSSR count). The van der Waals surface area contributed by atoms with Crippen LogP contribution in [0.5, 0.6) is 0 Å². The number of benzene rings is 1. The number of amides is 1. The highest BCUT2D eigenvalue weighted by molar-refractivity contribution is 7.13. The highest BCUT2D eigenvalue weighted by atomic mass is 35.5. The third-order valence-electron chi connectivity index (χ3n) is 5.92. The lowest BCUT2D eigenvalue weighted by molar-refractivity contribution is 0.0781. The summed E-state index contributed by atoms with van der Waals surface area (Å²) in [4.78, 5) is 21.3. The first kappa shape index (κ1) is 18.4. The molecular formula is C21H22ClN3OS. The number of likely N-dealkylation sites (tertiary alicyclic amines) is 1. The third-order valence-corrected chi connectivity index (χ3v) is 6.81. The zero-order valence-electron chi connectivity index (χ0n) is 14.9. The van der Waals surface area contributed by atoms with Crippen molar-refractivity contribution in [3.63, 3.8) is 0 Å². The molecule has 0 radical (unpaired) electrons. The first-order valence-electron chi connectivity index (χ1n) is 9.19. The van der Waals surface area contributed by atoms with E-state index in [0.717, 1.165) is 53.0 Å². The smallest absolute Gasteiger partial charge is 0.254 e. The van der Waals surface area contributed by atoms with Crippen molar-refractivity contribution in [1.82, 2.24) is 9.88 Å². The van der Waals surface area contributed by atoms with E-state index in [1.54, 1.807) is 11.3 Å². The van der Waals surface area contributed by atoms with E-state index in [1.807, 2.05) is 46.7 Å². The molecular weight excluding hydrogens is 378 g/mol. The average Bonchev–Trinajstić information content (AvgIpc) is 3.39. The van der Waals surface area contributed by atoms with Crippen molar-refractivity contribution in [3.05, 3.63) is 53.4 Å². The molecule has 3 unspecified atom stereocenters. The van der Waals surface area contributed by atoms with Crippen molar-refractivity contribution >= 4 is 40.6 Å². The summed E-state index contributed by atoms with van der Waals surface area (Å²) in [5, 5.41) is 2.97. The van der Waals surface area contributed by atoms with Crippen LogP contribution in [-0.4, -0.2) is 34.9 Å². The number of pyridine rings is 1. The van der Waals surface area contributed by atoms with Gasteiger partial charge in [0.1, 0.15) is 0 Å². The molecule has 2 N–H and O–H groups in total. The number of hydrogen-bond donors (Lipinski definition) is 1. The van der Waals surface area contributed by atoms with E-state index in [4.69, 9.17) is 10.7 Å². The van der Waals surface area contributed by atoms with Crippen LogP contribution >= 0.6 is 23.7 Å². The number of nitrogens with two attached hydrogens (primary N) is 1. The molecule has 140 valence electrons. The fourth-order valence-electron chi connectivity index (χ4n) is 4.55. The van der Waals surface area contributed by atoms with E-state index in [-0.39, 0.29) is 24.4 Å². The van der Waals surface area contributed by atoms with Gasteiger partial charge >= 0.3 is 0 Å². The molecule has 1 amide bonds. The summed E-state index contributed by atoms with van der Waals surface area (Å²) in [6.07, 6.45) is 2.24. The van der Waals surface area contributed by atoms with Gasteiger partial charge in [0.05, 0.1) is 21.7 Å². The summed E-state index contributed by atoms with van der Waals surface area (Å²) in [6.45, 7) is 1.62. The van der Waals surface area contributed by atoms with Gasteiger partial charge in [-0.3, -0.25) is 4.79 Å². The molecule has 2 fully saturated rings. The number of aromatic nitrogens is 1. The van der Waals surface area contributed by atoms with Gasteiger partial charge in [0.25, 0.3) is 5.91 Å². The van der Waals surface area contributed by atoms with Crippen molar-refractivity contribution < 1.29 is 4.79 Å². The van der Waals surface area contributed by atoms with E-state index in [1.165, 1.54) is 0 Å². The van der Waals surface area contributed by atoms with Crippen molar-refractivity contribution in [2.45, 2.75) is 18.9 Å². The zero-order valence-corrected chi connectivity index (χ0v) is 16.5. The van der Waals surface area contributed by atoms with Gasteiger partial charge in [0, 0.05) is 24.5 Å². The predicted molar refractivity (Wildman–Crippen MR) is 112 cm³/mol. The van der Waals surface area contributed by atoms with Gasteiger partial charge in [-0.05, 0) is 48.3 Å². The predicted octanol–water partition coefficient (Wildman–Crippen LogP) is 4.19. The highest BCUT2D eigenvalue weighted by Gasteiger charge is 2.42. The van der Waals surface area contributed by atoms with Crippen LogP contribution in [-0.2, 0) is 0 Å². The molecule has 1 aliphatic carbocycles. The van der Waals surface area contributed by atoms with E-state index < -0.39 is 0 Å². The second kappa shape index (κ2) is 7.23. The van der Waals surface area contributed by atoms with E-state index in [0.29, 0.717) is 11.8 Å². The average molecular weight is 400 g/mol. The Balaban J connectivity index is 0.00000180. The minimum atomic E-state index is 0. The first-order chi connectivity index (χ1) is 12.7. The molecule has 3 atom stereocenters. The Bertz CT molecular complexity index is 975. The van der Waals surface area contributed by atoms with Gasteiger partial charge in [-0.1, -0.05) is 24.3 Å². The lowest BCUT2D eigenvalue weighted by Crippen LogP contribution is -2.33. The number of nitrogens with zero attached hydrogens (tertiary/aromatic N) is 2. The van der Waals surface area contributed by atoms with Gasteiger partial charge in [-0.25, -0.2) is 4.98 Å². The Kier molecular flexibility index (Phi) is 4.93. The van der Waals surface area contributed by atoms with E-state index in [9.17, 15) is 4.79 Å². The molecule has 2 aliphatic rings. The molecule has 1 saturated carbocycles. The molecule has 3 heterocycles. The fraction of sp³-hybridized carbons (Fsp3) is 0.333. The number of carbonyl (C=O) groups excluding carboxylic acids is 1. The molecule has 1 aromatic carbocycles. The van der Waals surface area contributed by atoms with E-state index in [2.05, 4.69) is 6.07 Å². The van der Waals surface area contributed by atoms with Crippen LogP contribution in [0.4, 0.5) is 0 Å². The number of carbonyl (C=O) groups is 1. The number of halogens is 1. The van der Waals surface area contributed by atoms with Crippen LogP contribution in [0, 0.1) is 11.8 Å². The summed E-state index contributed by atoms with van der Waals surface area (Å²) < 4.78 is 0. The summed E-state index contributed by atoms with van der Waals surface area (Å²) in [5.41, 5.74) is 8.76. The largest absolute Gasteiger partial charge is 0.338 e. The number of thiophene rings is 1. The monoisotopic (exact) mass is 399 g/mol. The molecule has 6 heteroatoms. The van der Waals surface area contributed by atoms with E-state index >= 15 is 0 Å². The van der Waals surface area contributed by atoms with Gasteiger partial charge in [-0.2, -0.15) is 0 Å². The molecule has 0 spiro atoms.